The number of nitrogen functional groups attached to an aromatic ring is 1. The zero-order valence-corrected chi connectivity index (χ0v) is 18.6. The van der Waals surface area contributed by atoms with Gasteiger partial charge >= 0.3 is 0 Å². The normalized spacial score (nSPS) is 15.6. The van der Waals surface area contributed by atoms with E-state index in [1.165, 1.54) is 12.1 Å². The number of nitrogens with zero attached hydrogens (tertiary/aromatic N) is 4. The molecular formula is C24H23N5O3S. The van der Waals surface area contributed by atoms with E-state index in [1.807, 2.05) is 51.7 Å². The van der Waals surface area contributed by atoms with E-state index in [9.17, 15) is 14.8 Å². The molecule has 5 rings (SSSR count). The van der Waals surface area contributed by atoms with Crippen LogP contribution in [0.25, 0.3) is 22.0 Å². The zero-order chi connectivity index (χ0) is 22.9. The standard InChI is InChI=1S/C24H23N5O3S/c25-23-19-14-21(30)22(31)15-20(19)26-24(27-23)28-10-12-29(13-11-28)33(32)18-8-6-17(7-9-18)16-4-2-1-3-5-16/h1-9,14-15,30-31H,10-13H2,(H2,25,26,27). The molecule has 1 aromatic heterocycles. The van der Waals surface area contributed by atoms with Crippen molar-refractivity contribution in [2.24, 2.45) is 0 Å². The molecule has 168 valence electrons. The molecule has 0 radical (unpaired) electrons. The van der Waals surface area contributed by atoms with Gasteiger partial charge in [-0.1, -0.05) is 30.3 Å². The van der Waals surface area contributed by atoms with E-state index < -0.39 is 11.4 Å². The number of nitrogens with two attached hydrogens (primary N) is 1. The van der Waals surface area contributed by atoms with Gasteiger partial charge in [-0.25, -0.2) is 4.98 Å². The van der Waals surface area contributed by atoms with E-state index in [0.29, 0.717) is 43.0 Å². The predicted molar refractivity (Wildman–Crippen MR) is 129 cm³/mol. The minimum absolute atomic E-state index is 0.231. The van der Waals surface area contributed by atoms with Crippen LogP contribution in [-0.4, -0.2) is 55.2 Å². The Labute approximate surface area is 194 Å². The second-order valence-corrected chi connectivity index (χ2v) is 9.31. The molecule has 1 saturated heterocycles. The highest BCUT2D eigenvalue weighted by Crippen LogP contribution is 2.32. The summed E-state index contributed by atoms with van der Waals surface area (Å²) in [6.07, 6.45) is 0. The van der Waals surface area contributed by atoms with Crippen LogP contribution in [0.4, 0.5) is 11.8 Å². The van der Waals surface area contributed by atoms with E-state index in [-0.39, 0.29) is 17.3 Å². The average Bonchev–Trinajstić information content (AvgIpc) is 2.85. The summed E-state index contributed by atoms with van der Waals surface area (Å²) < 4.78 is 15.0. The van der Waals surface area contributed by atoms with Crippen LogP contribution < -0.4 is 10.6 Å². The summed E-state index contributed by atoms with van der Waals surface area (Å²) in [6.45, 7) is 2.33. The molecule has 0 amide bonds. The molecule has 1 atom stereocenters. The topological polar surface area (TPSA) is 122 Å². The van der Waals surface area contributed by atoms with Crippen molar-refractivity contribution in [3.8, 4) is 22.6 Å². The van der Waals surface area contributed by atoms with Crippen LogP contribution in [0.5, 0.6) is 11.5 Å². The maximum absolute atomic E-state index is 13.1. The molecule has 0 bridgehead atoms. The lowest BCUT2D eigenvalue weighted by atomic mass is 10.1. The van der Waals surface area contributed by atoms with Crippen LogP contribution in [0.15, 0.2) is 71.6 Å². The Morgan fingerprint density at radius 2 is 1.45 bits per heavy atom. The number of rotatable bonds is 4. The SMILES string of the molecule is Nc1nc(N2CCN([S+]([O-])c3ccc(-c4ccccc4)cc3)CC2)nc2cc(O)c(O)cc12. The Kier molecular flexibility index (Phi) is 5.67. The molecule has 1 aliphatic rings. The predicted octanol–water partition coefficient (Wildman–Crippen LogP) is 3.14. The average molecular weight is 462 g/mol. The van der Waals surface area contributed by atoms with Crippen molar-refractivity contribution in [2.45, 2.75) is 4.90 Å². The van der Waals surface area contributed by atoms with Gasteiger partial charge in [0.1, 0.15) is 5.82 Å². The van der Waals surface area contributed by atoms with Crippen LogP contribution in [0.3, 0.4) is 0 Å². The maximum Gasteiger partial charge on any atom is 0.227 e. The molecule has 0 spiro atoms. The van der Waals surface area contributed by atoms with Crippen LogP contribution in [-0.2, 0) is 11.4 Å². The highest BCUT2D eigenvalue weighted by Gasteiger charge is 2.29. The maximum atomic E-state index is 13.1. The minimum atomic E-state index is -1.26. The number of fused-ring (bicyclic) bond motifs is 1. The van der Waals surface area contributed by atoms with Gasteiger partial charge in [-0.2, -0.15) is 4.98 Å². The Balaban J connectivity index is 1.27. The van der Waals surface area contributed by atoms with E-state index in [2.05, 4.69) is 22.1 Å². The molecule has 2 heterocycles. The lowest BCUT2D eigenvalue weighted by molar-refractivity contribution is 0.382. The van der Waals surface area contributed by atoms with Crippen LogP contribution >= 0.6 is 0 Å². The largest absolute Gasteiger partial charge is 0.593 e. The second-order valence-electron chi connectivity index (χ2n) is 7.82. The molecule has 33 heavy (non-hydrogen) atoms. The lowest BCUT2D eigenvalue weighted by Gasteiger charge is -2.34. The van der Waals surface area contributed by atoms with Crippen molar-refractivity contribution in [3.05, 3.63) is 66.7 Å². The first-order valence-corrected chi connectivity index (χ1v) is 11.7. The molecular weight excluding hydrogens is 438 g/mol. The fourth-order valence-corrected chi connectivity index (χ4v) is 5.06. The first kappa shape index (κ1) is 21.3. The summed E-state index contributed by atoms with van der Waals surface area (Å²) in [5, 5.41) is 20.0. The first-order valence-electron chi connectivity index (χ1n) is 10.6. The summed E-state index contributed by atoms with van der Waals surface area (Å²) in [5.41, 5.74) is 8.73. The van der Waals surface area contributed by atoms with Gasteiger partial charge in [0.15, 0.2) is 16.4 Å². The number of phenols is 2. The van der Waals surface area contributed by atoms with Gasteiger partial charge < -0.3 is 25.4 Å². The fourth-order valence-electron chi connectivity index (χ4n) is 3.90. The number of hydrogen-bond donors (Lipinski definition) is 3. The monoisotopic (exact) mass is 461 g/mol. The van der Waals surface area contributed by atoms with Gasteiger partial charge in [0.2, 0.25) is 5.95 Å². The third-order valence-corrected chi connectivity index (χ3v) is 7.24. The van der Waals surface area contributed by atoms with Gasteiger partial charge in [0.25, 0.3) is 0 Å². The van der Waals surface area contributed by atoms with E-state index >= 15 is 0 Å². The Morgan fingerprint density at radius 1 is 0.818 bits per heavy atom. The lowest BCUT2D eigenvalue weighted by Crippen LogP contribution is -2.49. The van der Waals surface area contributed by atoms with Crippen molar-refractivity contribution < 1.29 is 14.8 Å². The Morgan fingerprint density at radius 3 is 2.15 bits per heavy atom. The minimum Gasteiger partial charge on any atom is -0.593 e. The number of aromatic hydroxyl groups is 2. The quantitative estimate of drug-likeness (QED) is 0.313. The van der Waals surface area contributed by atoms with Gasteiger partial charge in [0.05, 0.1) is 30.0 Å². The van der Waals surface area contributed by atoms with Crippen molar-refractivity contribution in [3.63, 3.8) is 0 Å². The number of aromatic nitrogens is 2. The number of hydrogen-bond acceptors (Lipinski definition) is 8. The molecule has 8 nitrogen and oxygen atoms in total. The molecule has 3 aromatic carbocycles. The molecule has 4 N–H and O–H groups in total. The van der Waals surface area contributed by atoms with Gasteiger partial charge in [-0.3, -0.25) is 0 Å². The molecule has 1 aliphatic heterocycles. The number of piperazine rings is 1. The summed E-state index contributed by atoms with van der Waals surface area (Å²) in [7, 11) is 0. The molecule has 1 fully saturated rings. The molecule has 0 aliphatic carbocycles. The Bertz CT molecular complexity index is 1280. The third kappa shape index (κ3) is 4.25. The highest BCUT2D eigenvalue weighted by atomic mass is 32.2. The fraction of sp³-hybridized carbons (Fsp3) is 0.167. The van der Waals surface area contributed by atoms with Crippen molar-refractivity contribution >= 4 is 34.0 Å². The van der Waals surface area contributed by atoms with Crippen molar-refractivity contribution in [1.82, 2.24) is 14.3 Å². The van der Waals surface area contributed by atoms with Crippen molar-refractivity contribution in [2.75, 3.05) is 36.8 Å². The van der Waals surface area contributed by atoms with Crippen LogP contribution in [0.2, 0.25) is 0 Å². The summed E-state index contributed by atoms with van der Waals surface area (Å²) in [5.74, 6) is 0.154. The molecule has 4 aromatic rings. The van der Waals surface area contributed by atoms with E-state index in [0.717, 1.165) is 16.0 Å². The summed E-state index contributed by atoms with van der Waals surface area (Å²) in [6, 6.07) is 20.6. The molecule has 1 unspecified atom stereocenters. The third-order valence-electron chi connectivity index (χ3n) is 5.73. The summed E-state index contributed by atoms with van der Waals surface area (Å²) >= 11 is -1.26. The number of benzene rings is 3. The molecule has 0 saturated carbocycles. The van der Waals surface area contributed by atoms with Crippen LogP contribution in [0.1, 0.15) is 0 Å². The second kappa shape index (κ2) is 8.78. The number of anilines is 2. The van der Waals surface area contributed by atoms with Crippen molar-refractivity contribution in [1.29, 1.82) is 0 Å². The number of phenolic OH excluding ortho intramolecular Hbond substituents is 2. The Hall–Kier alpha value is -3.53. The van der Waals surface area contributed by atoms with Gasteiger partial charge in [0, 0.05) is 24.5 Å². The smallest absolute Gasteiger partial charge is 0.227 e. The highest BCUT2D eigenvalue weighted by molar-refractivity contribution is 7.89. The summed E-state index contributed by atoms with van der Waals surface area (Å²) in [4.78, 5) is 11.6. The van der Waals surface area contributed by atoms with Gasteiger partial charge in [-0.05, 0) is 41.5 Å². The van der Waals surface area contributed by atoms with Crippen LogP contribution in [0, 0.1) is 0 Å². The van der Waals surface area contributed by atoms with E-state index in [1.54, 1.807) is 0 Å². The van der Waals surface area contributed by atoms with Gasteiger partial charge in [-0.15, -0.1) is 4.31 Å². The van der Waals surface area contributed by atoms with E-state index in [4.69, 9.17) is 5.73 Å². The first-order chi connectivity index (χ1) is 16.0. The zero-order valence-electron chi connectivity index (χ0n) is 17.8. The molecule has 9 heteroatoms.